The first-order chi connectivity index (χ1) is 16.2. The monoisotopic (exact) mass is 620 g/mol. The van der Waals surface area contributed by atoms with Gasteiger partial charge in [0.05, 0.1) is 26.1 Å². The smallest absolute Gasteiger partial charge is 0.338 e. The molecule has 3 aromatic rings. The highest BCUT2D eigenvalue weighted by Gasteiger charge is 2.62. The summed E-state index contributed by atoms with van der Waals surface area (Å²) >= 11 is 2.08. The third-order valence-electron chi connectivity index (χ3n) is 4.96. The van der Waals surface area contributed by atoms with Gasteiger partial charge in [-0.2, -0.15) is 0 Å². The lowest BCUT2D eigenvalue weighted by Gasteiger charge is -2.28. The maximum Gasteiger partial charge on any atom is 0.417 e. The van der Waals surface area contributed by atoms with Crippen molar-refractivity contribution in [2.75, 3.05) is 25.1 Å². The summed E-state index contributed by atoms with van der Waals surface area (Å²) in [6.07, 6.45) is 1.75. The number of imidazole rings is 1. The average Bonchev–Trinajstić information content (AvgIpc) is 3.22. The van der Waals surface area contributed by atoms with E-state index in [1.807, 2.05) is 4.57 Å². The topological polar surface area (TPSA) is 117 Å². The molecular weight excluding hydrogens is 591 g/mol. The van der Waals surface area contributed by atoms with E-state index < -0.39 is 21.1 Å². The molecule has 13 heteroatoms. The van der Waals surface area contributed by atoms with Crippen LogP contribution in [0.1, 0.15) is 46.2 Å². The number of halogens is 1. The van der Waals surface area contributed by atoms with Crippen molar-refractivity contribution in [1.29, 1.82) is 0 Å². The molecule has 0 amide bonds. The van der Waals surface area contributed by atoms with Crippen LogP contribution in [-0.2, 0) is 28.0 Å². The summed E-state index contributed by atoms with van der Waals surface area (Å²) in [5, 5.41) is 1.56. The van der Waals surface area contributed by atoms with E-state index in [4.69, 9.17) is 13.8 Å². The van der Waals surface area contributed by atoms with E-state index in [0.717, 1.165) is 5.65 Å². The van der Waals surface area contributed by atoms with E-state index in [9.17, 15) is 9.13 Å². The van der Waals surface area contributed by atoms with Crippen molar-refractivity contribution in [3.8, 4) is 0 Å². The maximum absolute atomic E-state index is 13.7. The van der Waals surface area contributed by atoms with Gasteiger partial charge in [-0.3, -0.25) is 4.57 Å². The molecule has 3 rings (SSSR count). The molecule has 0 aliphatic rings. The second-order valence-electron chi connectivity index (χ2n) is 7.47. The number of benzene rings is 1. The van der Waals surface area contributed by atoms with Crippen LogP contribution in [0.3, 0.4) is 0 Å². The predicted molar refractivity (Wildman–Crippen MR) is 141 cm³/mol. The average molecular weight is 620 g/mol. The minimum atomic E-state index is -3.90. The fraction of sp³-hybridized carbons (Fsp3) is 0.476. The Morgan fingerprint density at radius 2 is 1.76 bits per heavy atom. The standard InChI is InChI=1S/C21H28IN5O5P2/c1-6-30-21(33-28,34(29,31-7-2)32-8-3)15-9-11-16(12-10-15)24-18-17-19(26-20(22)25-18)27(13-23-17)14(4)5/h9-14H,6-8H2,1-5H3,(H,24,25,26)/p+1. The minimum Gasteiger partial charge on any atom is -0.338 e. The number of hydrogen-bond acceptors (Lipinski definition) is 9. The van der Waals surface area contributed by atoms with Crippen LogP contribution in [0.25, 0.3) is 11.2 Å². The summed E-state index contributed by atoms with van der Waals surface area (Å²) < 4.78 is 45.6. The quantitative estimate of drug-likeness (QED) is 0.144. The largest absolute Gasteiger partial charge is 0.417 e. The zero-order valence-corrected chi connectivity index (χ0v) is 23.8. The third-order valence-corrected chi connectivity index (χ3v) is 9.61. The summed E-state index contributed by atoms with van der Waals surface area (Å²) in [7, 11) is -5.01. The molecule has 2 atom stereocenters. The van der Waals surface area contributed by atoms with E-state index >= 15 is 0 Å². The minimum absolute atomic E-state index is 0.127. The van der Waals surface area contributed by atoms with Gasteiger partial charge in [-0.25, -0.2) is 15.0 Å². The van der Waals surface area contributed by atoms with E-state index in [-0.39, 0.29) is 25.9 Å². The number of hydrogen-bond donors (Lipinski definition) is 1. The zero-order valence-electron chi connectivity index (χ0n) is 19.7. The third kappa shape index (κ3) is 5.20. The van der Waals surface area contributed by atoms with Crippen LogP contribution in [0.4, 0.5) is 11.5 Å². The van der Waals surface area contributed by atoms with Gasteiger partial charge in [-0.05, 0) is 58.9 Å². The van der Waals surface area contributed by atoms with Crippen LogP contribution in [0.15, 0.2) is 30.6 Å². The lowest BCUT2D eigenvalue weighted by Crippen LogP contribution is -2.26. The highest BCUT2D eigenvalue weighted by molar-refractivity contribution is 14.1. The van der Waals surface area contributed by atoms with Crippen molar-refractivity contribution in [3.63, 3.8) is 0 Å². The van der Waals surface area contributed by atoms with Crippen molar-refractivity contribution in [3.05, 3.63) is 40.0 Å². The number of nitrogens with zero attached hydrogens (tertiary/aromatic N) is 4. The summed E-state index contributed by atoms with van der Waals surface area (Å²) in [4.78, 5) is 13.5. The van der Waals surface area contributed by atoms with Gasteiger partial charge < -0.3 is 23.7 Å². The number of aromatic nitrogens is 4. The molecule has 34 heavy (non-hydrogen) atoms. The fourth-order valence-electron chi connectivity index (χ4n) is 3.50. The van der Waals surface area contributed by atoms with Crippen molar-refractivity contribution in [2.45, 2.75) is 45.7 Å². The molecule has 0 radical (unpaired) electrons. The van der Waals surface area contributed by atoms with Gasteiger partial charge in [0, 0.05) is 39.9 Å². The Hall–Kier alpha value is -1.49. The molecular formula is C21H29IN5O5P2+. The molecule has 184 valence electrons. The summed E-state index contributed by atoms with van der Waals surface area (Å²) in [6, 6.07) is 7.14. The van der Waals surface area contributed by atoms with E-state index in [2.05, 4.69) is 56.7 Å². The molecule has 2 heterocycles. The predicted octanol–water partition coefficient (Wildman–Crippen LogP) is 6.19. The van der Waals surface area contributed by atoms with Gasteiger partial charge in [-0.15, -0.1) is 0 Å². The molecule has 1 aromatic carbocycles. The summed E-state index contributed by atoms with van der Waals surface area (Å²) in [5.74, 6) is 0.567. The molecule has 2 unspecified atom stereocenters. The number of anilines is 2. The number of nitrogens with one attached hydrogen (secondary N) is 1. The molecule has 0 aliphatic heterocycles. The highest BCUT2D eigenvalue weighted by atomic mass is 127. The van der Waals surface area contributed by atoms with Crippen LogP contribution in [0.5, 0.6) is 0 Å². The van der Waals surface area contributed by atoms with Gasteiger partial charge in [0.2, 0.25) is 0 Å². The number of ether oxygens (including phenoxy) is 1. The fourth-order valence-corrected chi connectivity index (χ4v) is 7.17. The second kappa shape index (κ2) is 11.5. The van der Waals surface area contributed by atoms with E-state index in [1.54, 1.807) is 51.4 Å². The Kier molecular flexibility index (Phi) is 9.16. The van der Waals surface area contributed by atoms with Crippen LogP contribution in [0.2, 0.25) is 0 Å². The lowest BCUT2D eigenvalue weighted by molar-refractivity contribution is 0.0505. The number of rotatable bonds is 12. The maximum atomic E-state index is 13.7. The molecule has 0 saturated carbocycles. The first-order valence-corrected chi connectivity index (χ1v) is 14.5. The van der Waals surface area contributed by atoms with Gasteiger partial charge in [-0.1, -0.05) is 4.57 Å². The second-order valence-corrected chi connectivity index (χ2v) is 11.9. The normalized spacial score (nSPS) is 14.1. The van der Waals surface area contributed by atoms with Gasteiger partial charge >= 0.3 is 21.1 Å². The van der Waals surface area contributed by atoms with Gasteiger partial charge in [0.15, 0.2) is 20.8 Å². The first-order valence-electron chi connectivity index (χ1n) is 10.9. The Labute approximate surface area is 214 Å². The van der Waals surface area contributed by atoms with Crippen LogP contribution in [0, 0.1) is 3.83 Å². The van der Waals surface area contributed by atoms with Crippen molar-refractivity contribution in [1.82, 2.24) is 19.5 Å². The SMILES string of the molecule is CCOC([PH+]=O)(c1ccc(Nc2nc(I)nc3c2ncn3C(C)C)cc1)P(=O)(OCC)OCC. The van der Waals surface area contributed by atoms with Crippen molar-refractivity contribution in [2.24, 2.45) is 0 Å². The Bertz CT molecular complexity index is 1180. The zero-order chi connectivity index (χ0) is 24.9. The van der Waals surface area contributed by atoms with Crippen molar-refractivity contribution < 1.29 is 22.9 Å². The molecule has 0 aliphatic carbocycles. The number of fused-ring (bicyclic) bond motifs is 1. The van der Waals surface area contributed by atoms with E-state index in [0.29, 0.717) is 26.4 Å². The van der Waals surface area contributed by atoms with E-state index in [1.165, 1.54) is 0 Å². The lowest BCUT2D eigenvalue weighted by atomic mass is 10.2. The molecule has 0 spiro atoms. The van der Waals surface area contributed by atoms with Crippen LogP contribution < -0.4 is 5.32 Å². The highest BCUT2D eigenvalue weighted by Crippen LogP contribution is 2.70. The van der Waals surface area contributed by atoms with Crippen molar-refractivity contribution >= 4 is 61.3 Å². The van der Waals surface area contributed by atoms with Crippen LogP contribution >= 0.6 is 38.6 Å². The summed E-state index contributed by atoms with van der Waals surface area (Å²) in [5.41, 5.74) is 2.54. The Morgan fingerprint density at radius 1 is 1.12 bits per heavy atom. The molecule has 1 N–H and O–H groups in total. The molecule has 0 fully saturated rings. The van der Waals surface area contributed by atoms with Gasteiger partial charge in [0.1, 0.15) is 0 Å². The summed E-state index contributed by atoms with van der Waals surface area (Å²) in [6.45, 7) is 9.70. The molecule has 10 nitrogen and oxygen atoms in total. The molecule has 0 bridgehead atoms. The first kappa shape index (κ1) is 27.1. The molecule has 2 aromatic heterocycles. The van der Waals surface area contributed by atoms with Gasteiger partial charge in [0.25, 0.3) is 0 Å². The van der Waals surface area contributed by atoms with Crippen LogP contribution in [-0.4, -0.2) is 39.3 Å². The Morgan fingerprint density at radius 3 is 2.29 bits per heavy atom. The Balaban J connectivity index is 2.01. The molecule has 0 saturated heterocycles.